The van der Waals surface area contributed by atoms with Crippen molar-refractivity contribution in [3.8, 4) is 0 Å². The molecule has 1 N–H and O–H groups in total. The summed E-state index contributed by atoms with van der Waals surface area (Å²) in [6.45, 7) is 4.77. The molecule has 0 aromatic carbocycles. The fourth-order valence-electron chi connectivity index (χ4n) is 2.51. The monoisotopic (exact) mass is 310 g/mol. The highest BCUT2D eigenvalue weighted by Gasteiger charge is 2.38. The van der Waals surface area contributed by atoms with Gasteiger partial charge in [-0.25, -0.2) is 4.79 Å². The van der Waals surface area contributed by atoms with Gasteiger partial charge >= 0.3 is 12.0 Å². The summed E-state index contributed by atoms with van der Waals surface area (Å²) < 4.78 is 0. The topological polar surface area (TPSA) is 60.9 Å². The molecule has 5 nitrogen and oxygen atoms in total. The van der Waals surface area contributed by atoms with Crippen molar-refractivity contribution in [2.24, 2.45) is 5.41 Å². The standard InChI is InChI=1S/C15H22N2O3S/c1-11(12-5-4-10-21-12)16(3)14(20)17-8-6-15(2,7-9-17)13(18)19/h4-5,10-11H,6-9H2,1-3H3,(H,18,19). The van der Waals surface area contributed by atoms with E-state index in [1.807, 2.05) is 24.4 Å². The van der Waals surface area contributed by atoms with Crippen molar-refractivity contribution >= 4 is 23.3 Å². The molecule has 21 heavy (non-hydrogen) atoms. The second-order valence-corrected chi connectivity index (χ2v) is 6.92. The molecule has 2 amide bonds. The van der Waals surface area contributed by atoms with E-state index in [-0.39, 0.29) is 12.1 Å². The Kier molecular flexibility index (Phi) is 4.56. The molecule has 1 fully saturated rings. The van der Waals surface area contributed by atoms with Crippen LogP contribution in [-0.4, -0.2) is 47.0 Å². The number of thiophene rings is 1. The van der Waals surface area contributed by atoms with Gasteiger partial charge in [-0.15, -0.1) is 11.3 Å². The number of carboxylic acid groups (broad SMARTS) is 1. The van der Waals surface area contributed by atoms with Crippen LogP contribution in [-0.2, 0) is 4.79 Å². The van der Waals surface area contributed by atoms with Gasteiger partial charge in [-0.2, -0.15) is 0 Å². The quantitative estimate of drug-likeness (QED) is 0.933. The Bertz CT molecular complexity index is 507. The van der Waals surface area contributed by atoms with Crippen LogP contribution in [0.3, 0.4) is 0 Å². The number of rotatable bonds is 3. The van der Waals surface area contributed by atoms with Crippen LogP contribution in [0.2, 0.25) is 0 Å². The summed E-state index contributed by atoms with van der Waals surface area (Å²) in [7, 11) is 1.80. The number of amides is 2. The van der Waals surface area contributed by atoms with Gasteiger partial charge in [0.15, 0.2) is 0 Å². The predicted molar refractivity (Wildman–Crippen MR) is 82.4 cm³/mol. The first-order chi connectivity index (χ1) is 9.85. The van der Waals surface area contributed by atoms with Gasteiger partial charge in [-0.1, -0.05) is 6.07 Å². The van der Waals surface area contributed by atoms with E-state index in [1.54, 1.807) is 35.1 Å². The molecule has 6 heteroatoms. The van der Waals surface area contributed by atoms with E-state index in [9.17, 15) is 14.7 Å². The Morgan fingerprint density at radius 1 is 1.43 bits per heavy atom. The van der Waals surface area contributed by atoms with Crippen LogP contribution in [0.15, 0.2) is 17.5 Å². The Morgan fingerprint density at radius 2 is 2.05 bits per heavy atom. The third-order valence-corrected chi connectivity index (χ3v) is 5.53. The second-order valence-electron chi connectivity index (χ2n) is 5.94. The van der Waals surface area contributed by atoms with Crippen LogP contribution >= 0.6 is 11.3 Å². The molecule has 116 valence electrons. The molecule has 0 saturated carbocycles. The Balaban J connectivity index is 1.97. The van der Waals surface area contributed by atoms with Gasteiger partial charge in [0.05, 0.1) is 11.5 Å². The van der Waals surface area contributed by atoms with Crippen LogP contribution in [0, 0.1) is 5.41 Å². The van der Waals surface area contributed by atoms with Crippen molar-refractivity contribution in [1.82, 2.24) is 9.80 Å². The first kappa shape index (κ1) is 15.8. The summed E-state index contributed by atoms with van der Waals surface area (Å²) >= 11 is 1.64. The molecule has 2 rings (SSSR count). The van der Waals surface area contributed by atoms with Gasteiger partial charge in [0.1, 0.15) is 0 Å². The highest BCUT2D eigenvalue weighted by atomic mass is 32.1. The molecule has 1 unspecified atom stereocenters. The molecule has 0 radical (unpaired) electrons. The molecule has 1 atom stereocenters. The SMILES string of the molecule is CC(c1cccs1)N(C)C(=O)N1CCC(C)(C(=O)O)CC1. The Hall–Kier alpha value is -1.56. The van der Waals surface area contributed by atoms with Crippen molar-refractivity contribution in [2.75, 3.05) is 20.1 Å². The van der Waals surface area contributed by atoms with Gasteiger partial charge in [-0.05, 0) is 38.1 Å². The third kappa shape index (κ3) is 3.20. The molecular weight excluding hydrogens is 288 g/mol. The van der Waals surface area contributed by atoms with E-state index in [0.717, 1.165) is 4.88 Å². The lowest BCUT2D eigenvalue weighted by Crippen LogP contribution is -2.49. The van der Waals surface area contributed by atoms with Crippen LogP contribution in [0.5, 0.6) is 0 Å². The fourth-order valence-corrected chi connectivity index (χ4v) is 3.34. The van der Waals surface area contributed by atoms with Gasteiger partial charge in [0.25, 0.3) is 0 Å². The van der Waals surface area contributed by atoms with Crippen molar-refractivity contribution < 1.29 is 14.7 Å². The molecule has 2 heterocycles. The molecule has 1 aromatic rings. The second kappa shape index (κ2) is 6.05. The fraction of sp³-hybridized carbons (Fsp3) is 0.600. The molecule has 1 saturated heterocycles. The number of carboxylic acids is 1. The third-order valence-electron chi connectivity index (χ3n) is 4.49. The summed E-state index contributed by atoms with van der Waals surface area (Å²) in [5.41, 5.74) is -0.700. The maximum Gasteiger partial charge on any atom is 0.320 e. The lowest BCUT2D eigenvalue weighted by molar-refractivity contribution is -0.150. The Labute approximate surface area is 129 Å². The highest BCUT2D eigenvalue weighted by molar-refractivity contribution is 7.10. The van der Waals surface area contributed by atoms with Crippen molar-refractivity contribution in [1.29, 1.82) is 0 Å². The number of nitrogens with zero attached hydrogens (tertiary/aromatic N) is 2. The largest absolute Gasteiger partial charge is 0.481 e. The first-order valence-corrected chi connectivity index (χ1v) is 8.01. The maximum absolute atomic E-state index is 12.5. The smallest absolute Gasteiger partial charge is 0.320 e. The van der Waals surface area contributed by atoms with Crippen molar-refractivity contribution in [2.45, 2.75) is 32.7 Å². The minimum atomic E-state index is -0.769. The minimum absolute atomic E-state index is 0.0247. The summed E-state index contributed by atoms with van der Waals surface area (Å²) in [6.07, 6.45) is 1.02. The van der Waals surface area contributed by atoms with Crippen LogP contribution < -0.4 is 0 Å². The normalized spacial score (nSPS) is 19.1. The number of carbonyl (C=O) groups excluding carboxylic acids is 1. The zero-order valence-corrected chi connectivity index (χ0v) is 13.5. The molecule has 0 spiro atoms. The average Bonchev–Trinajstić information content (AvgIpc) is 3.00. The molecule has 1 aliphatic rings. The lowest BCUT2D eigenvalue weighted by Gasteiger charge is -2.39. The van der Waals surface area contributed by atoms with Crippen molar-refractivity contribution in [3.63, 3.8) is 0 Å². The number of hydrogen-bond donors (Lipinski definition) is 1. The highest BCUT2D eigenvalue weighted by Crippen LogP contribution is 2.32. The first-order valence-electron chi connectivity index (χ1n) is 7.14. The van der Waals surface area contributed by atoms with Gasteiger partial charge in [0.2, 0.25) is 0 Å². The average molecular weight is 310 g/mol. The van der Waals surface area contributed by atoms with Gasteiger partial charge in [0, 0.05) is 25.0 Å². The minimum Gasteiger partial charge on any atom is -0.481 e. The number of urea groups is 1. The van der Waals surface area contributed by atoms with Crippen LogP contribution in [0.25, 0.3) is 0 Å². The number of aliphatic carboxylic acids is 1. The van der Waals surface area contributed by atoms with Crippen LogP contribution in [0.1, 0.15) is 37.6 Å². The summed E-state index contributed by atoms with van der Waals surface area (Å²) in [6, 6.07) is 4.01. The zero-order chi connectivity index (χ0) is 15.6. The Morgan fingerprint density at radius 3 is 2.52 bits per heavy atom. The summed E-state index contributed by atoms with van der Waals surface area (Å²) in [5, 5.41) is 11.2. The predicted octanol–water partition coefficient (Wildman–Crippen LogP) is 3.05. The van der Waals surface area contributed by atoms with Crippen LogP contribution in [0.4, 0.5) is 4.79 Å². The van der Waals surface area contributed by atoms with E-state index in [2.05, 4.69) is 0 Å². The van der Waals surface area contributed by atoms with Gasteiger partial charge in [-0.3, -0.25) is 4.79 Å². The van der Waals surface area contributed by atoms with E-state index < -0.39 is 11.4 Å². The molecule has 1 aromatic heterocycles. The maximum atomic E-state index is 12.5. The number of carbonyl (C=O) groups is 2. The number of hydrogen-bond acceptors (Lipinski definition) is 3. The summed E-state index contributed by atoms with van der Waals surface area (Å²) in [4.78, 5) is 28.4. The molecule has 0 bridgehead atoms. The van der Waals surface area contributed by atoms with E-state index in [0.29, 0.717) is 25.9 Å². The molecular formula is C15H22N2O3S. The summed E-state index contributed by atoms with van der Waals surface area (Å²) in [5.74, 6) is -0.769. The van der Waals surface area contributed by atoms with E-state index >= 15 is 0 Å². The number of likely N-dealkylation sites (tertiary alicyclic amines) is 1. The molecule has 0 aliphatic carbocycles. The van der Waals surface area contributed by atoms with Gasteiger partial charge < -0.3 is 14.9 Å². The van der Waals surface area contributed by atoms with E-state index in [1.165, 1.54) is 0 Å². The van der Waals surface area contributed by atoms with E-state index in [4.69, 9.17) is 0 Å². The lowest BCUT2D eigenvalue weighted by atomic mass is 9.80. The zero-order valence-electron chi connectivity index (χ0n) is 12.7. The number of piperidine rings is 1. The van der Waals surface area contributed by atoms with Crippen molar-refractivity contribution in [3.05, 3.63) is 22.4 Å². The molecule has 1 aliphatic heterocycles.